The molecule has 0 aliphatic heterocycles. The Bertz CT molecular complexity index is 1610. The zero-order valence-corrected chi connectivity index (χ0v) is 35.5. The minimum Gasteiger partial charge on any atom is -0.744 e. The topological polar surface area (TPSA) is 220 Å². The Morgan fingerprint density at radius 2 is 0.698 bits per heavy atom. The molecule has 53 heavy (non-hydrogen) atoms. The van der Waals surface area contributed by atoms with E-state index in [2.05, 4.69) is 0 Å². The van der Waals surface area contributed by atoms with Crippen LogP contribution < -0.4 is 0 Å². The first-order chi connectivity index (χ1) is 24.0. The average Bonchev–Trinajstić information content (AvgIpc) is 3.02. The summed E-state index contributed by atoms with van der Waals surface area (Å²) in [6.45, 7) is 16.3. The van der Waals surface area contributed by atoms with Crippen LogP contribution >= 0.6 is 0 Å². The van der Waals surface area contributed by atoms with Gasteiger partial charge in [-0.25, -0.2) is 36.0 Å². The molecular formula is C36H50CaO14S2. The van der Waals surface area contributed by atoms with Gasteiger partial charge < -0.3 is 28.1 Å². The van der Waals surface area contributed by atoms with Crippen molar-refractivity contribution >= 4 is 81.9 Å². The average molecular weight is 811 g/mol. The third-order valence-electron chi connectivity index (χ3n) is 7.15. The summed E-state index contributed by atoms with van der Waals surface area (Å²) in [7, 11) is -9.55. The number of carbonyl (C=O) groups is 4. The maximum Gasteiger partial charge on any atom is 2.00 e. The van der Waals surface area contributed by atoms with Gasteiger partial charge in [0.25, 0.3) is 0 Å². The Morgan fingerprint density at radius 3 is 0.906 bits per heavy atom. The minimum atomic E-state index is -4.77. The molecule has 0 fully saturated rings. The number of esters is 4. The van der Waals surface area contributed by atoms with E-state index in [1.54, 1.807) is 0 Å². The van der Waals surface area contributed by atoms with Crippen LogP contribution in [0.3, 0.4) is 0 Å². The second kappa shape index (κ2) is 24.0. The van der Waals surface area contributed by atoms with E-state index < -0.39 is 53.9 Å². The first kappa shape index (κ1) is 50.4. The fourth-order valence-electron chi connectivity index (χ4n) is 3.91. The molecule has 2 aromatic rings. The van der Waals surface area contributed by atoms with E-state index in [0.29, 0.717) is 49.4 Å². The van der Waals surface area contributed by atoms with Crippen LogP contribution in [0.2, 0.25) is 0 Å². The number of ether oxygens (including phenoxy) is 4. The quantitative estimate of drug-likeness (QED) is 0.0773. The summed E-state index contributed by atoms with van der Waals surface area (Å²) >= 11 is 0. The van der Waals surface area contributed by atoms with E-state index in [-0.39, 0.29) is 86.4 Å². The van der Waals surface area contributed by atoms with Gasteiger partial charge in [-0.15, -0.1) is 0 Å². The molecule has 0 bridgehead atoms. The fraction of sp³-hybridized carbons (Fsp3) is 0.556. The summed E-state index contributed by atoms with van der Waals surface area (Å²) in [5, 5.41) is 0. The van der Waals surface area contributed by atoms with Gasteiger partial charge in [0.2, 0.25) is 0 Å². The molecule has 0 radical (unpaired) electrons. The van der Waals surface area contributed by atoms with Crippen molar-refractivity contribution in [1.82, 2.24) is 0 Å². The Balaban J connectivity index is 0.00000100. The van der Waals surface area contributed by atoms with E-state index in [1.165, 1.54) is 0 Å². The first-order valence-corrected chi connectivity index (χ1v) is 19.7. The largest absolute Gasteiger partial charge is 2.00 e. The minimum absolute atomic E-state index is 0. The van der Waals surface area contributed by atoms with Crippen LogP contribution in [0, 0.1) is 23.7 Å². The third-order valence-corrected chi connectivity index (χ3v) is 8.82. The second-order valence-electron chi connectivity index (χ2n) is 13.6. The van der Waals surface area contributed by atoms with Gasteiger partial charge in [-0.2, -0.15) is 0 Å². The molecule has 292 valence electrons. The van der Waals surface area contributed by atoms with Crippen LogP contribution in [0.25, 0.3) is 0 Å². The molecule has 0 amide bonds. The van der Waals surface area contributed by atoms with Gasteiger partial charge in [0.1, 0.15) is 20.2 Å². The smallest absolute Gasteiger partial charge is 0.744 e. The van der Waals surface area contributed by atoms with Gasteiger partial charge in [-0.3, -0.25) is 0 Å². The molecular weight excluding hydrogens is 761 g/mol. The van der Waals surface area contributed by atoms with Crippen LogP contribution in [-0.2, 0) is 39.2 Å². The number of benzene rings is 2. The first-order valence-electron chi connectivity index (χ1n) is 16.9. The Hall–Kier alpha value is -2.60. The van der Waals surface area contributed by atoms with Crippen LogP contribution in [0.4, 0.5) is 0 Å². The zero-order chi connectivity index (χ0) is 39.8. The maximum absolute atomic E-state index is 12.3. The maximum atomic E-state index is 12.3. The van der Waals surface area contributed by atoms with E-state index in [4.69, 9.17) is 18.9 Å². The van der Waals surface area contributed by atoms with E-state index in [0.717, 1.165) is 36.4 Å². The Labute approximate surface area is 343 Å². The van der Waals surface area contributed by atoms with Gasteiger partial charge >= 0.3 is 61.6 Å². The van der Waals surface area contributed by atoms with Crippen molar-refractivity contribution in [2.24, 2.45) is 23.7 Å². The Morgan fingerprint density at radius 1 is 0.472 bits per heavy atom. The fourth-order valence-corrected chi connectivity index (χ4v) is 4.91. The van der Waals surface area contributed by atoms with Crippen molar-refractivity contribution < 1.29 is 64.1 Å². The van der Waals surface area contributed by atoms with E-state index in [1.807, 2.05) is 55.4 Å². The molecule has 0 spiro atoms. The van der Waals surface area contributed by atoms with E-state index >= 15 is 0 Å². The van der Waals surface area contributed by atoms with Crippen molar-refractivity contribution in [3.05, 3.63) is 58.7 Å². The van der Waals surface area contributed by atoms with Crippen LogP contribution in [0.1, 0.15) is 123 Å². The molecule has 0 aromatic heterocycles. The summed E-state index contributed by atoms with van der Waals surface area (Å²) in [6, 6.07) is 5.87. The van der Waals surface area contributed by atoms with Crippen LogP contribution in [0.15, 0.2) is 46.2 Å². The van der Waals surface area contributed by atoms with Crippen molar-refractivity contribution in [3.63, 3.8) is 0 Å². The standard InChI is InChI=1S/2C18H26O7S.Ca/c2*1-12(2)7-9-24-17(19)15-6-5-14(26(21,22)23)11-16(15)18(20)25-10-8-13(3)4;/h2*5-6,11-13H,7-10H2,1-4H3,(H,21,22,23);/q;;+2/p-2. The van der Waals surface area contributed by atoms with Crippen molar-refractivity contribution in [1.29, 1.82) is 0 Å². The number of hydrogen-bond acceptors (Lipinski definition) is 14. The zero-order valence-electron chi connectivity index (χ0n) is 31.7. The predicted octanol–water partition coefficient (Wildman–Crippen LogP) is 5.61. The molecule has 0 aliphatic carbocycles. The van der Waals surface area contributed by atoms with Crippen molar-refractivity contribution in [2.75, 3.05) is 26.4 Å². The summed E-state index contributed by atoms with van der Waals surface area (Å²) < 4.78 is 87.7. The SMILES string of the molecule is CC(C)CCOC(=O)c1ccc(S(=O)(=O)[O-])cc1C(=O)OCCC(C)C.CC(C)CCOC(=O)c1ccc(S(=O)(=O)[O-])cc1C(=O)OCCC(C)C.[Ca+2]. The van der Waals surface area contributed by atoms with Gasteiger partial charge in [-0.05, 0) is 85.8 Å². The number of hydrogen-bond donors (Lipinski definition) is 0. The summed E-state index contributed by atoms with van der Waals surface area (Å²) in [5.74, 6) is -2.01. The molecule has 2 aromatic carbocycles. The molecule has 14 nitrogen and oxygen atoms in total. The molecule has 0 unspecified atom stereocenters. The van der Waals surface area contributed by atoms with Crippen molar-refractivity contribution in [2.45, 2.75) is 90.9 Å². The normalized spacial score (nSPS) is 11.4. The second-order valence-corrected chi connectivity index (χ2v) is 16.4. The third kappa shape index (κ3) is 19.5. The number of carbonyl (C=O) groups excluding carboxylic acids is 4. The molecule has 0 aliphatic rings. The monoisotopic (exact) mass is 810 g/mol. The van der Waals surface area contributed by atoms with Crippen LogP contribution in [0.5, 0.6) is 0 Å². The molecule has 0 heterocycles. The predicted molar refractivity (Wildman–Crippen MR) is 194 cm³/mol. The summed E-state index contributed by atoms with van der Waals surface area (Å²) in [4.78, 5) is 47.8. The van der Waals surface area contributed by atoms with Crippen molar-refractivity contribution in [3.8, 4) is 0 Å². The molecule has 17 heteroatoms. The van der Waals surface area contributed by atoms with Gasteiger partial charge in [0.05, 0.1) is 58.5 Å². The van der Waals surface area contributed by atoms with Gasteiger partial charge in [-0.1, -0.05) is 55.4 Å². The molecule has 0 saturated carbocycles. The summed E-state index contributed by atoms with van der Waals surface area (Å²) in [5.41, 5.74) is -0.841. The number of rotatable bonds is 18. The summed E-state index contributed by atoms with van der Waals surface area (Å²) in [6.07, 6.45) is 2.51. The molecule has 0 atom stereocenters. The van der Waals surface area contributed by atoms with Gasteiger partial charge in [0.15, 0.2) is 0 Å². The molecule has 2 rings (SSSR count). The van der Waals surface area contributed by atoms with Crippen LogP contribution in [-0.4, -0.2) is 114 Å². The van der Waals surface area contributed by atoms with E-state index in [9.17, 15) is 45.1 Å². The van der Waals surface area contributed by atoms with Gasteiger partial charge in [0, 0.05) is 0 Å². The molecule has 0 saturated heterocycles. The molecule has 0 N–H and O–H groups in total. The Kier molecular flexibility index (Phi) is 22.8.